The van der Waals surface area contributed by atoms with E-state index in [1.54, 1.807) is 20.2 Å². The Bertz CT molecular complexity index is 861. The zero-order valence-corrected chi connectivity index (χ0v) is 16.8. The van der Waals surface area contributed by atoms with E-state index >= 15 is 0 Å². The summed E-state index contributed by atoms with van der Waals surface area (Å²) >= 11 is -2.54. The maximum absolute atomic E-state index is 13.1. The second kappa shape index (κ2) is 7.59. The van der Waals surface area contributed by atoms with E-state index in [1.807, 2.05) is 27.7 Å². The van der Waals surface area contributed by atoms with Crippen molar-refractivity contribution in [1.29, 1.82) is 0 Å². The summed E-state index contributed by atoms with van der Waals surface area (Å²) in [5, 5.41) is 3.63. The highest BCUT2D eigenvalue weighted by atomic mass is 32.2. The Morgan fingerprint density at radius 3 is 2.07 bits per heavy atom. The summed E-state index contributed by atoms with van der Waals surface area (Å²) in [6.45, 7) is 7.48. The van der Waals surface area contributed by atoms with Gasteiger partial charge in [-0.2, -0.15) is 22.8 Å². The van der Waals surface area contributed by atoms with E-state index in [0.717, 1.165) is 4.68 Å². The fourth-order valence-electron chi connectivity index (χ4n) is 2.72. The molecule has 1 aromatic carbocycles. The Kier molecular flexibility index (Phi) is 6.00. The van der Waals surface area contributed by atoms with Gasteiger partial charge in [0.1, 0.15) is 0 Å². The molecule has 0 spiro atoms. The molecule has 0 saturated heterocycles. The van der Waals surface area contributed by atoms with Gasteiger partial charge in [-0.05, 0) is 40.1 Å². The standard InChI is InChI=1S/C17H23F3N4O2S/c1-9(2)11-7-12(10(3)4)14(27(25)26)8-13(11)24-16(23(5)6)21-15(22-24)17(18,19)20/h7-10H,1-6H3,(H,25,26)/p-1. The molecule has 0 fully saturated rings. The second-order valence-electron chi connectivity index (χ2n) is 7.03. The number of alkyl halides is 3. The van der Waals surface area contributed by atoms with Crippen LogP contribution in [0.5, 0.6) is 0 Å². The summed E-state index contributed by atoms with van der Waals surface area (Å²) in [6, 6.07) is 3.10. The van der Waals surface area contributed by atoms with Gasteiger partial charge in [-0.25, -0.2) is 0 Å². The molecule has 0 aliphatic rings. The molecule has 0 aliphatic carbocycles. The van der Waals surface area contributed by atoms with E-state index in [1.165, 1.54) is 11.0 Å². The van der Waals surface area contributed by atoms with Crippen molar-refractivity contribution in [2.45, 2.75) is 50.6 Å². The number of hydrogen-bond acceptors (Lipinski definition) is 5. The van der Waals surface area contributed by atoms with Crippen LogP contribution < -0.4 is 4.90 Å². The molecule has 2 aromatic rings. The summed E-state index contributed by atoms with van der Waals surface area (Å²) in [4.78, 5) is 5.03. The van der Waals surface area contributed by atoms with Gasteiger partial charge in [-0.1, -0.05) is 33.8 Å². The van der Waals surface area contributed by atoms with Crippen LogP contribution in [0.4, 0.5) is 19.1 Å². The lowest BCUT2D eigenvalue weighted by Gasteiger charge is -2.23. The zero-order chi connectivity index (χ0) is 20.7. The Morgan fingerprint density at radius 2 is 1.67 bits per heavy atom. The lowest BCUT2D eigenvalue weighted by molar-refractivity contribution is -0.144. The van der Waals surface area contributed by atoms with Crippen LogP contribution in [0.3, 0.4) is 0 Å². The highest BCUT2D eigenvalue weighted by molar-refractivity contribution is 7.79. The van der Waals surface area contributed by atoms with Gasteiger partial charge in [-0.3, -0.25) is 4.21 Å². The van der Waals surface area contributed by atoms with Crippen molar-refractivity contribution < 1.29 is 21.9 Å². The molecular weight excluding hydrogens is 381 g/mol. The average Bonchev–Trinajstić information content (AvgIpc) is 2.98. The highest BCUT2D eigenvalue weighted by Gasteiger charge is 2.38. The van der Waals surface area contributed by atoms with Gasteiger partial charge in [0.15, 0.2) is 0 Å². The minimum Gasteiger partial charge on any atom is -0.768 e. The van der Waals surface area contributed by atoms with Crippen molar-refractivity contribution in [3.63, 3.8) is 0 Å². The molecule has 1 aromatic heterocycles. The number of rotatable bonds is 5. The Labute approximate surface area is 158 Å². The first kappa shape index (κ1) is 21.4. The fraction of sp³-hybridized carbons (Fsp3) is 0.529. The minimum absolute atomic E-state index is 0.0378. The van der Waals surface area contributed by atoms with Crippen LogP contribution >= 0.6 is 0 Å². The molecule has 27 heavy (non-hydrogen) atoms. The summed E-state index contributed by atoms with van der Waals surface area (Å²) < 4.78 is 64.0. The monoisotopic (exact) mass is 403 g/mol. The smallest absolute Gasteiger partial charge is 0.453 e. The van der Waals surface area contributed by atoms with Gasteiger partial charge in [0.25, 0.3) is 5.82 Å². The summed E-state index contributed by atoms with van der Waals surface area (Å²) in [5.41, 5.74) is 1.56. The largest absolute Gasteiger partial charge is 0.768 e. The minimum atomic E-state index is -4.71. The first-order chi connectivity index (χ1) is 12.3. The van der Waals surface area contributed by atoms with Crippen LogP contribution in [0, 0.1) is 0 Å². The van der Waals surface area contributed by atoms with Gasteiger partial charge >= 0.3 is 6.18 Å². The van der Waals surface area contributed by atoms with E-state index < -0.39 is 23.1 Å². The summed E-state index contributed by atoms with van der Waals surface area (Å²) in [5.74, 6) is -1.46. The molecule has 10 heteroatoms. The quantitative estimate of drug-likeness (QED) is 0.709. The lowest BCUT2D eigenvalue weighted by Crippen LogP contribution is -2.17. The van der Waals surface area contributed by atoms with E-state index in [2.05, 4.69) is 10.1 Å². The third-order valence-corrected chi connectivity index (χ3v) is 4.77. The highest BCUT2D eigenvalue weighted by Crippen LogP contribution is 2.35. The van der Waals surface area contributed by atoms with Gasteiger partial charge in [-0.15, -0.1) is 5.10 Å². The Hall–Kier alpha value is -1.94. The number of halogens is 3. The maximum Gasteiger partial charge on any atom is 0.453 e. The van der Waals surface area contributed by atoms with Crippen molar-refractivity contribution in [3.05, 3.63) is 29.1 Å². The first-order valence-corrected chi connectivity index (χ1v) is 9.41. The third kappa shape index (κ3) is 4.32. The van der Waals surface area contributed by atoms with Crippen molar-refractivity contribution in [3.8, 4) is 5.69 Å². The molecular formula is C17H22F3N4O2S-. The number of nitrogens with zero attached hydrogens (tertiary/aromatic N) is 4. The summed E-state index contributed by atoms with van der Waals surface area (Å²) in [7, 11) is 3.09. The third-order valence-electron chi connectivity index (χ3n) is 4.05. The number of anilines is 1. The van der Waals surface area contributed by atoms with Crippen molar-refractivity contribution >= 4 is 17.0 Å². The zero-order valence-electron chi connectivity index (χ0n) is 16.0. The van der Waals surface area contributed by atoms with Gasteiger partial charge in [0.05, 0.1) is 5.69 Å². The molecule has 0 aliphatic heterocycles. The maximum atomic E-state index is 13.1. The van der Waals surface area contributed by atoms with Gasteiger partial charge in [0, 0.05) is 19.0 Å². The molecule has 1 unspecified atom stereocenters. The number of hydrogen-bond donors (Lipinski definition) is 0. The molecule has 0 saturated carbocycles. The first-order valence-electron chi connectivity index (χ1n) is 8.33. The molecule has 150 valence electrons. The molecule has 1 atom stereocenters. The number of aromatic nitrogens is 3. The number of benzene rings is 1. The van der Waals surface area contributed by atoms with E-state index in [0.29, 0.717) is 11.1 Å². The molecule has 0 radical (unpaired) electrons. The van der Waals surface area contributed by atoms with Crippen LogP contribution in [0.1, 0.15) is 56.5 Å². The van der Waals surface area contributed by atoms with Crippen LogP contribution in [0.25, 0.3) is 5.69 Å². The molecule has 2 rings (SSSR count). The predicted molar refractivity (Wildman–Crippen MR) is 96.1 cm³/mol. The summed E-state index contributed by atoms with van der Waals surface area (Å²) in [6.07, 6.45) is -4.71. The normalized spacial score (nSPS) is 13.5. The Morgan fingerprint density at radius 1 is 1.11 bits per heavy atom. The van der Waals surface area contributed by atoms with Crippen LogP contribution in [0.15, 0.2) is 17.0 Å². The fourth-order valence-corrected chi connectivity index (χ4v) is 3.41. The molecule has 6 nitrogen and oxygen atoms in total. The van der Waals surface area contributed by atoms with Gasteiger partial charge < -0.3 is 9.45 Å². The van der Waals surface area contributed by atoms with Crippen LogP contribution in [-0.4, -0.2) is 37.6 Å². The van der Waals surface area contributed by atoms with E-state index in [9.17, 15) is 21.9 Å². The van der Waals surface area contributed by atoms with E-state index in [-0.39, 0.29) is 28.4 Å². The van der Waals surface area contributed by atoms with E-state index in [4.69, 9.17) is 0 Å². The molecule has 0 bridgehead atoms. The van der Waals surface area contributed by atoms with Crippen molar-refractivity contribution in [1.82, 2.24) is 14.8 Å². The topological polar surface area (TPSA) is 74.1 Å². The second-order valence-corrected chi connectivity index (χ2v) is 7.94. The SMILES string of the molecule is CC(C)c1cc(C(C)C)c(S(=O)[O-])cc1-n1nc(C(F)(F)F)nc1N(C)C. The average molecular weight is 403 g/mol. The van der Waals surface area contributed by atoms with Crippen molar-refractivity contribution in [2.75, 3.05) is 19.0 Å². The molecule has 0 amide bonds. The van der Waals surface area contributed by atoms with Crippen LogP contribution in [0.2, 0.25) is 0 Å². The van der Waals surface area contributed by atoms with Crippen LogP contribution in [-0.2, 0) is 17.3 Å². The predicted octanol–water partition coefficient (Wildman–Crippen LogP) is 3.84. The van der Waals surface area contributed by atoms with Crippen molar-refractivity contribution in [2.24, 2.45) is 0 Å². The molecule has 0 N–H and O–H groups in total. The van der Waals surface area contributed by atoms with Gasteiger partial charge in [0.2, 0.25) is 5.95 Å². The Balaban J connectivity index is 2.87. The lowest BCUT2D eigenvalue weighted by atomic mass is 9.94. The molecule has 1 heterocycles.